The van der Waals surface area contributed by atoms with Gasteiger partial charge in [-0.05, 0) is 12.1 Å². The summed E-state index contributed by atoms with van der Waals surface area (Å²) in [4.78, 5) is 58.4. The van der Waals surface area contributed by atoms with E-state index < -0.39 is 24.1 Å². The van der Waals surface area contributed by atoms with E-state index in [-0.39, 0.29) is 44.6 Å². The average molecular weight is 672 g/mol. The first-order chi connectivity index (χ1) is 22.9. The monoisotopic (exact) mass is 671 g/mol. The molecule has 1 aromatic rings. The maximum Gasteiger partial charge on any atom is 0.372 e. The third-order valence-corrected chi connectivity index (χ3v) is 6.23. The maximum absolute atomic E-state index is 12.3. The molecule has 0 aliphatic carbocycles. The molecule has 1 heterocycles. The molecule has 0 fully saturated rings. The van der Waals surface area contributed by atoms with Crippen LogP contribution in [0.4, 0.5) is 0 Å². The number of Topliss-reactive ketones (excluding diaryl/α,β-unsaturated/α-hetero) is 1. The number of carbonyl (C=O) groups excluding carboxylic acids is 4. The Morgan fingerprint density at radius 1 is 0.511 bits per heavy atom. The standard InChI is InChI=1S/C31H45NO15/c33-27(31(37)38)5-6-28(34)47-24-23-46-22-21-45-20-19-44-18-17-43-16-15-42-14-13-41-12-11-40-10-9-39-8-7-32-29(35)25-3-1-2-4-26(25)30(32)36/h1-4H,5-24H2,(H,37,38). The lowest BCUT2D eigenvalue weighted by Gasteiger charge is -2.13. The molecule has 0 saturated heterocycles. The number of benzene rings is 1. The van der Waals surface area contributed by atoms with Gasteiger partial charge in [0.25, 0.3) is 11.8 Å². The first-order valence-electron chi connectivity index (χ1n) is 15.4. The minimum absolute atomic E-state index is 0.00504. The normalized spacial score (nSPS) is 12.5. The fourth-order valence-electron chi connectivity index (χ4n) is 3.85. The summed E-state index contributed by atoms with van der Waals surface area (Å²) in [5, 5.41) is 8.44. The van der Waals surface area contributed by atoms with Crippen LogP contribution in [-0.4, -0.2) is 158 Å². The second-order valence-electron chi connectivity index (χ2n) is 9.66. The van der Waals surface area contributed by atoms with Crippen molar-refractivity contribution in [1.29, 1.82) is 0 Å². The summed E-state index contributed by atoms with van der Waals surface area (Å²) in [5.41, 5.74) is 0.857. The third-order valence-electron chi connectivity index (χ3n) is 6.23. The molecule has 0 radical (unpaired) electrons. The highest BCUT2D eigenvalue weighted by atomic mass is 16.6. The van der Waals surface area contributed by atoms with Gasteiger partial charge in [0.1, 0.15) is 6.61 Å². The summed E-state index contributed by atoms with van der Waals surface area (Å²) in [6.07, 6.45) is -0.674. The van der Waals surface area contributed by atoms with Gasteiger partial charge >= 0.3 is 11.9 Å². The van der Waals surface area contributed by atoms with Crippen molar-refractivity contribution in [2.24, 2.45) is 0 Å². The number of nitrogens with zero attached hydrogens (tertiary/aromatic N) is 1. The lowest BCUT2D eigenvalue weighted by atomic mass is 10.1. The van der Waals surface area contributed by atoms with Crippen molar-refractivity contribution in [2.45, 2.75) is 12.8 Å². The molecular weight excluding hydrogens is 626 g/mol. The molecule has 1 N–H and O–H groups in total. The molecule has 1 aliphatic heterocycles. The van der Waals surface area contributed by atoms with Gasteiger partial charge in [0, 0.05) is 6.42 Å². The van der Waals surface area contributed by atoms with Crippen LogP contribution in [-0.2, 0) is 57.0 Å². The molecule has 1 aliphatic rings. The number of ether oxygens (including phenoxy) is 9. The molecule has 0 spiro atoms. The van der Waals surface area contributed by atoms with E-state index in [2.05, 4.69) is 0 Å². The fraction of sp³-hybridized carbons (Fsp3) is 0.645. The van der Waals surface area contributed by atoms with Crippen molar-refractivity contribution in [1.82, 2.24) is 4.90 Å². The summed E-state index contributed by atoms with van der Waals surface area (Å²) in [7, 11) is 0. The number of carboxylic acids is 1. The Labute approximate surface area is 273 Å². The number of esters is 1. The van der Waals surface area contributed by atoms with Crippen molar-refractivity contribution >= 4 is 29.5 Å². The van der Waals surface area contributed by atoms with Crippen LogP contribution in [0.3, 0.4) is 0 Å². The number of hydrogen-bond acceptors (Lipinski definition) is 14. The van der Waals surface area contributed by atoms with E-state index in [1.165, 1.54) is 4.90 Å². The summed E-state index contributed by atoms with van der Waals surface area (Å²) >= 11 is 0. The number of amides is 2. The molecule has 2 amide bonds. The Morgan fingerprint density at radius 3 is 1.21 bits per heavy atom. The molecule has 16 heteroatoms. The number of ketones is 1. The molecule has 0 saturated carbocycles. The van der Waals surface area contributed by atoms with Gasteiger partial charge in [0.2, 0.25) is 5.78 Å². The number of imide groups is 1. The van der Waals surface area contributed by atoms with Gasteiger partial charge in [-0.15, -0.1) is 0 Å². The van der Waals surface area contributed by atoms with Crippen LogP contribution in [0.1, 0.15) is 33.6 Å². The molecule has 0 atom stereocenters. The Morgan fingerprint density at radius 2 is 0.851 bits per heavy atom. The van der Waals surface area contributed by atoms with Crippen LogP contribution in [0.15, 0.2) is 24.3 Å². The molecule has 16 nitrogen and oxygen atoms in total. The summed E-state index contributed by atoms with van der Waals surface area (Å²) < 4.78 is 48.0. The number of rotatable bonds is 31. The average Bonchev–Trinajstić information content (AvgIpc) is 3.31. The molecular formula is C31H45NO15. The Bertz CT molecular complexity index is 1050. The zero-order valence-corrected chi connectivity index (χ0v) is 26.6. The molecule has 47 heavy (non-hydrogen) atoms. The third kappa shape index (κ3) is 18.0. The van der Waals surface area contributed by atoms with E-state index in [9.17, 15) is 24.0 Å². The maximum atomic E-state index is 12.3. The quantitative estimate of drug-likeness (QED) is 0.0493. The van der Waals surface area contributed by atoms with Crippen molar-refractivity contribution in [3.8, 4) is 0 Å². The summed E-state index contributed by atoms with van der Waals surface area (Å²) in [6.45, 7) is 6.18. The minimum atomic E-state index is -1.57. The van der Waals surface area contributed by atoms with E-state index in [4.69, 9.17) is 47.7 Å². The van der Waals surface area contributed by atoms with Gasteiger partial charge in [-0.3, -0.25) is 24.1 Å². The zero-order valence-electron chi connectivity index (χ0n) is 26.6. The van der Waals surface area contributed by atoms with Crippen molar-refractivity contribution in [2.75, 3.05) is 119 Å². The predicted molar refractivity (Wildman–Crippen MR) is 161 cm³/mol. The minimum Gasteiger partial charge on any atom is -0.476 e. The van der Waals surface area contributed by atoms with Crippen LogP contribution >= 0.6 is 0 Å². The lowest BCUT2D eigenvalue weighted by molar-refractivity contribution is -0.151. The van der Waals surface area contributed by atoms with Crippen molar-refractivity contribution in [3.05, 3.63) is 35.4 Å². The van der Waals surface area contributed by atoms with Crippen LogP contribution in [0.2, 0.25) is 0 Å². The van der Waals surface area contributed by atoms with Gasteiger partial charge in [-0.25, -0.2) is 4.79 Å². The molecule has 264 valence electrons. The van der Waals surface area contributed by atoms with Crippen LogP contribution < -0.4 is 0 Å². The van der Waals surface area contributed by atoms with Crippen LogP contribution in [0.5, 0.6) is 0 Å². The Kier molecular flexibility index (Phi) is 21.8. The van der Waals surface area contributed by atoms with Crippen LogP contribution in [0, 0.1) is 0 Å². The second kappa shape index (κ2) is 25.7. The first kappa shape index (κ1) is 39.8. The van der Waals surface area contributed by atoms with E-state index in [1.54, 1.807) is 24.3 Å². The molecule has 0 unspecified atom stereocenters. The highest BCUT2D eigenvalue weighted by Crippen LogP contribution is 2.21. The molecule has 0 bridgehead atoms. The SMILES string of the molecule is O=C(CCC(=O)C(=O)O)OCCOCCOCCOCCOCCOCCOCCOCCOCCN1C(=O)c2ccccc2C1=O. The summed E-state index contributed by atoms with van der Waals surface area (Å²) in [6, 6.07) is 6.77. The Balaban J connectivity index is 1.21. The van der Waals surface area contributed by atoms with Crippen LogP contribution in [0.25, 0.3) is 0 Å². The number of carboxylic acid groups (broad SMARTS) is 1. The number of fused-ring (bicyclic) bond motifs is 1. The molecule has 1 aromatic carbocycles. The van der Waals surface area contributed by atoms with E-state index in [0.29, 0.717) is 104 Å². The fourth-order valence-corrected chi connectivity index (χ4v) is 3.85. The number of aliphatic carboxylic acids is 1. The zero-order chi connectivity index (χ0) is 34.0. The first-order valence-corrected chi connectivity index (χ1v) is 15.4. The van der Waals surface area contributed by atoms with Crippen molar-refractivity contribution < 1.29 is 71.7 Å². The molecule has 0 aromatic heterocycles. The highest BCUT2D eigenvalue weighted by Gasteiger charge is 2.34. The molecule has 2 rings (SSSR count). The van der Waals surface area contributed by atoms with Gasteiger partial charge in [0.05, 0.1) is 130 Å². The van der Waals surface area contributed by atoms with E-state index in [1.807, 2.05) is 0 Å². The van der Waals surface area contributed by atoms with Gasteiger partial charge < -0.3 is 47.7 Å². The summed E-state index contributed by atoms with van der Waals surface area (Å²) in [5.74, 6) is -3.84. The smallest absolute Gasteiger partial charge is 0.372 e. The van der Waals surface area contributed by atoms with Gasteiger partial charge in [0.15, 0.2) is 0 Å². The topological polar surface area (TPSA) is 192 Å². The number of carbonyl (C=O) groups is 5. The van der Waals surface area contributed by atoms with E-state index >= 15 is 0 Å². The Hall–Kier alpha value is -3.35. The van der Waals surface area contributed by atoms with Gasteiger partial charge in [-0.2, -0.15) is 0 Å². The van der Waals surface area contributed by atoms with E-state index in [0.717, 1.165) is 0 Å². The van der Waals surface area contributed by atoms with Crippen molar-refractivity contribution in [3.63, 3.8) is 0 Å². The van der Waals surface area contributed by atoms with Gasteiger partial charge in [-0.1, -0.05) is 12.1 Å². The highest BCUT2D eigenvalue weighted by molar-refractivity contribution is 6.32. The predicted octanol–water partition coefficient (Wildman–Crippen LogP) is 0.393. The largest absolute Gasteiger partial charge is 0.476 e. The lowest BCUT2D eigenvalue weighted by Crippen LogP contribution is -2.33. The second-order valence-corrected chi connectivity index (χ2v) is 9.66. The number of hydrogen-bond donors (Lipinski definition) is 1.